The normalized spacial score (nSPS) is 10.4. The lowest BCUT2D eigenvalue weighted by atomic mass is 10.1. The molecule has 1 aromatic carbocycles. The van der Waals surface area contributed by atoms with Crippen molar-refractivity contribution in [3.05, 3.63) is 54.1 Å². The monoisotopic (exact) mass is 240 g/mol. The van der Waals surface area contributed by atoms with E-state index in [0.29, 0.717) is 5.69 Å². The topological polar surface area (TPSA) is 74.8 Å². The number of aromatic nitrogens is 2. The van der Waals surface area contributed by atoms with Crippen LogP contribution in [0.1, 0.15) is 16.2 Å². The number of amides is 1. The van der Waals surface area contributed by atoms with Gasteiger partial charge in [-0.25, -0.2) is 4.98 Å². The lowest BCUT2D eigenvalue weighted by Crippen LogP contribution is -2.14. The lowest BCUT2D eigenvalue weighted by Gasteiger charge is -2.06. The van der Waals surface area contributed by atoms with Gasteiger partial charge < -0.3 is 10.3 Å². The van der Waals surface area contributed by atoms with Gasteiger partial charge in [-0.1, -0.05) is 18.2 Å². The minimum absolute atomic E-state index is 0.232. The molecule has 0 aliphatic heterocycles. The summed E-state index contributed by atoms with van der Waals surface area (Å²) in [6.07, 6.45) is 7.56. The van der Waals surface area contributed by atoms with Crippen molar-refractivity contribution in [2.24, 2.45) is 0 Å². The summed E-state index contributed by atoms with van der Waals surface area (Å²) in [6, 6.07) is 7.13. The van der Waals surface area contributed by atoms with E-state index in [1.807, 2.05) is 6.07 Å². The van der Waals surface area contributed by atoms with Gasteiger partial charge in [0.15, 0.2) is 5.82 Å². The summed E-state index contributed by atoms with van der Waals surface area (Å²) in [5.41, 5.74) is 1.33. The van der Waals surface area contributed by atoms with Crippen LogP contribution in [-0.4, -0.2) is 22.2 Å². The molecule has 0 saturated carbocycles. The molecule has 2 N–H and O–H groups in total. The van der Waals surface area contributed by atoms with Crippen LogP contribution in [0.5, 0.6) is 0 Å². The first-order valence-electron chi connectivity index (χ1n) is 5.25. The quantitative estimate of drug-likeness (QED) is 0.800. The first-order chi connectivity index (χ1) is 8.81. The summed E-state index contributed by atoms with van der Waals surface area (Å²) < 4.78 is 0. The van der Waals surface area contributed by atoms with Crippen molar-refractivity contribution < 1.29 is 9.59 Å². The standard InChI is InChI=1S/C13H10N3O2/c17-9-3-5-10-4-1-2-6-11(10)16-13(18)12-14-7-8-15-12/h1-8H,(H,14,15)(H,16,18)/b5-3+. The number of benzene rings is 1. The molecule has 2 aromatic rings. The van der Waals surface area contributed by atoms with E-state index in [0.717, 1.165) is 5.56 Å². The van der Waals surface area contributed by atoms with E-state index in [4.69, 9.17) is 0 Å². The number of hydrogen-bond acceptors (Lipinski definition) is 3. The molecule has 1 aromatic heterocycles. The molecule has 5 nitrogen and oxygen atoms in total. The molecule has 1 radical (unpaired) electrons. The van der Waals surface area contributed by atoms with Crippen LogP contribution in [0.25, 0.3) is 6.08 Å². The second-order valence-corrected chi connectivity index (χ2v) is 3.43. The van der Waals surface area contributed by atoms with E-state index >= 15 is 0 Å². The molecule has 0 atom stereocenters. The summed E-state index contributed by atoms with van der Waals surface area (Å²) in [5, 5.41) is 2.71. The van der Waals surface area contributed by atoms with Crippen molar-refractivity contribution in [2.75, 3.05) is 5.32 Å². The van der Waals surface area contributed by atoms with E-state index in [2.05, 4.69) is 15.3 Å². The zero-order chi connectivity index (χ0) is 12.8. The van der Waals surface area contributed by atoms with Gasteiger partial charge in [0.1, 0.15) is 0 Å². The highest BCUT2D eigenvalue weighted by Gasteiger charge is 2.09. The number of para-hydroxylation sites is 1. The van der Waals surface area contributed by atoms with Gasteiger partial charge in [0.25, 0.3) is 5.91 Å². The molecular weight excluding hydrogens is 230 g/mol. The van der Waals surface area contributed by atoms with Crippen molar-refractivity contribution in [3.8, 4) is 0 Å². The number of aromatic amines is 1. The Morgan fingerprint density at radius 3 is 2.94 bits per heavy atom. The van der Waals surface area contributed by atoms with E-state index in [-0.39, 0.29) is 11.7 Å². The number of carbonyl (C=O) groups is 1. The number of H-pyrrole nitrogens is 1. The van der Waals surface area contributed by atoms with E-state index in [9.17, 15) is 9.59 Å². The fourth-order valence-electron chi connectivity index (χ4n) is 1.45. The maximum Gasteiger partial charge on any atom is 0.291 e. The second kappa shape index (κ2) is 5.58. The molecule has 0 bridgehead atoms. The molecule has 89 valence electrons. The third kappa shape index (κ3) is 2.70. The molecule has 5 heteroatoms. The summed E-state index contributed by atoms with van der Waals surface area (Å²) in [6.45, 7) is 0. The number of rotatable bonds is 4. The predicted molar refractivity (Wildman–Crippen MR) is 67.7 cm³/mol. The van der Waals surface area contributed by atoms with Crippen LogP contribution in [-0.2, 0) is 4.79 Å². The average Bonchev–Trinajstić information content (AvgIpc) is 2.91. The van der Waals surface area contributed by atoms with Crippen LogP contribution in [0.3, 0.4) is 0 Å². The Balaban J connectivity index is 2.21. The molecule has 0 fully saturated rings. The van der Waals surface area contributed by atoms with Crippen molar-refractivity contribution in [2.45, 2.75) is 0 Å². The van der Waals surface area contributed by atoms with Gasteiger partial charge in [0, 0.05) is 18.1 Å². The van der Waals surface area contributed by atoms with Crippen LogP contribution >= 0.6 is 0 Å². The van der Waals surface area contributed by atoms with Gasteiger partial charge >= 0.3 is 0 Å². The molecule has 18 heavy (non-hydrogen) atoms. The molecule has 2 rings (SSSR count). The Labute approximate surface area is 104 Å². The van der Waals surface area contributed by atoms with E-state index in [1.54, 1.807) is 36.8 Å². The Morgan fingerprint density at radius 1 is 1.39 bits per heavy atom. The number of imidazole rings is 1. The van der Waals surface area contributed by atoms with Crippen molar-refractivity contribution in [3.63, 3.8) is 0 Å². The Morgan fingerprint density at radius 2 is 2.22 bits per heavy atom. The minimum atomic E-state index is -0.337. The number of anilines is 1. The summed E-state index contributed by atoms with van der Waals surface area (Å²) in [5.74, 6) is -0.105. The van der Waals surface area contributed by atoms with Crippen LogP contribution in [0.15, 0.2) is 42.7 Å². The molecule has 0 saturated heterocycles. The maximum absolute atomic E-state index is 11.8. The van der Waals surface area contributed by atoms with Crippen molar-refractivity contribution in [1.82, 2.24) is 9.97 Å². The van der Waals surface area contributed by atoms with Crippen LogP contribution < -0.4 is 5.32 Å². The van der Waals surface area contributed by atoms with Crippen LogP contribution in [0, 0.1) is 0 Å². The molecular formula is C13H10N3O2. The zero-order valence-electron chi connectivity index (χ0n) is 9.38. The molecule has 1 heterocycles. The lowest BCUT2D eigenvalue weighted by molar-refractivity contribution is 0.101. The number of carbonyl (C=O) groups excluding carboxylic acids is 2. The Bertz CT molecular complexity index is 574. The fraction of sp³-hybridized carbons (Fsp3) is 0. The third-order valence-electron chi connectivity index (χ3n) is 2.25. The fourth-order valence-corrected chi connectivity index (χ4v) is 1.45. The molecule has 0 spiro atoms. The summed E-state index contributed by atoms with van der Waals surface area (Å²) >= 11 is 0. The SMILES string of the molecule is O=[C]/C=C/c1ccccc1NC(=O)c1ncc[nH]1. The van der Waals surface area contributed by atoms with Crippen LogP contribution in [0.2, 0.25) is 0 Å². The minimum Gasteiger partial charge on any atom is -0.341 e. The molecule has 0 unspecified atom stereocenters. The predicted octanol–water partition coefficient (Wildman–Crippen LogP) is 1.78. The Kier molecular flexibility index (Phi) is 3.66. The van der Waals surface area contributed by atoms with Gasteiger partial charge in [-0.15, -0.1) is 0 Å². The van der Waals surface area contributed by atoms with E-state index in [1.165, 1.54) is 12.3 Å². The Hall–Kier alpha value is -2.69. The largest absolute Gasteiger partial charge is 0.341 e. The average molecular weight is 240 g/mol. The summed E-state index contributed by atoms with van der Waals surface area (Å²) in [7, 11) is 0. The van der Waals surface area contributed by atoms with Gasteiger partial charge in [-0.3, -0.25) is 9.59 Å². The van der Waals surface area contributed by atoms with Gasteiger partial charge in [0.05, 0.1) is 0 Å². The first kappa shape index (κ1) is 11.8. The first-order valence-corrected chi connectivity index (χ1v) is 5.25. The maximum atomic E-state index is 11.8. The number of hydrogen-bond donors (Lipinski definition) is 2. The highest BCUT2D eigenvalue weighted by atomic mass is 16.2. The number of nitrogens with one attached hydrogen (secondary N) is 2. The smallest absolute Gasteiger partial charge is 0.291 e. The molecule has 1 amide bonds. The van der Waals surface area contributed by atoms with Gasteiger partial charge in [0.2, 0.25) is 6.29 Å². The molecule has 0 aliphatic carbocycles. The second-order valence-electron chi connectivity index (χ2n) is 3.43. The summed E-state index contributed by atoms with van der Waals surface area (Å²) in [4.78, 5) is 28.6. The highest BCUT2D eigenvalue weighted by molar-refractivity contribution is 6.02. The zero-order valence-corrected chi connectivity index (χ0v) is 9.38. The number of nitrogens with zero attached hydrogens (tertiary/aromatic N) is 1. The van der Waals surface area contributed by atoms with Crippen molar-refractivity contribution >= 4 is 24.0 Å². The van der Waals surface area contributed by atoms with E-state index < -0.39 is 0 Å². The van der Waals surface area contributed by atoms with Crippen molar-refractivity contribution in [1.29, 1.82) is 0 Å². The third-order valence-corrected chi connectivity index (χ3v) is 2.25. The highest BCUT2D eigenvalue weighted by Crippen LogP contribution is 2.16. The number of allylic oxidation sites excluding steroid dienone is 1. The van der Waals surface area contributed by atoms with Gasteiger partial charge in [-0.05, 0) is 23.8 Å². The van der Waals surface area contributed by atoms with Crippen LogP contribution in [0.4, 0.5) is 5.69 Å². The molecule has 0 aliphatic rings. The van der Waals surface area contributed by atoms with Gasteiger partial charge in [-0.2, -0.15) is 0 Å².